The number of hydrogen-bond acceptors (Lipinski definition) is 6. The van der Waals surface area contributed by atoms with Crippen LogP contribution < -0.4 is 5.32 Å². The fourth-order valence-electron chi connectivity index (χ4n) is 3.19. The Balaban J connectivity index is 1.45. The maximum Gasteiger partial charge on any atom is 0.133 e. The zero-order valence-corrected chi connectivity index (χ0v) is 14.9. The topological polar surface area (TPSA) is 53.9 Å². The lowest BCUT2D eigenvalue weighted by molar-refractivity contribution is 0.281. The van der Waals surface area contributed by atoms with Crippen molar-refractivity contribution in [1.29, 1.82) is 0 Å². The third-order valence-corrected chi connectivity index (χ3v) is 5.41. The number of nitrogens with one attached hydrogen (secondary N) is 1. The van der Waals surface area contributed by atoms with E-state index < -0.39 is 0 Å². The van der Waals surface area contributed by atoms with Crippen LogP contribution in [-0.2, 0) is 25.9 Å². The van der Waals surface area contributed by atoms with E-state index in [-0.39, 0.29) is 0 Å². The second kappa shape index (κ2) is 7.72. The van der Waals surface area contributed by atoms with Crippen LogP contribution in [0.3, 0.4) is 0 Å². The Morgan fingerprint density at radius 3 is 2.80 bits per heavy atom. The van der Waals surface area contributed by atoms with E-state index in [2.05, 4.69) is 42.7 Å². The highest BCUT2D eigenvalue weighted by molar-refractivity contribution is 7.09. The van der Waals surface area contributed by atoms with Crippen molar-refractivity contribution in [3.8, 4) is 0 Å². The van der Waals surface area contributed by atoms with E-state index >= 15 is 0 Å². The first-order chi connectivity index (χ1) is 12.4. The van der Waals surface area contributed by atoms with Crippen molar-refractivity contribution in [3.05, 3.63) is 70.1 Å². The van der Waals surface area contributed by atoms with Gasteiger partial charge in [-0.25, -0.2) is 9.97 Å². The van der Waals surface area contributed by atoms with Crippen LogP contribution in [0, 0.1) is 0 Å². The number of pyridine rings is 1. The van der Waals surface area contributed by atoms with Crippen LogP contribution in [0.15, 0.2) is 48.4 Å². The molecule has 0 amide bonds. The van der Waals surface area contributed by atoms with Crippen molar-refractivity contribution < 1.29 is 0 Å². The van der Waals surface area contributed by atoms with E-state index in [1.165, 1.54) is 21.7 Å². The molecule has 1 aliphatic heterocycles. The van der Waals surface area contributed by atoms with Crippen molar-refractivity contribution in [2.45, 2.75) is 25.9 Å². The molecule has 0 radical (unpaired) electrons. The molecule has 1 aliphatic rings. The van der Waals surface area contributed by atoms with Gasteiger partial charge in [0.1, 0.15) is 12.1 Å². The van der Waals surface area contributed by atoms with Crippen molar-refractivity contribution in [3.63, 3.8) is 0 Å². The fraction of sp³-hybridized carbons (Fsp3) is 0.316. The first-order valence-corrected chi connectivity index (χ1v) is 9.47. The summed E-state index contributed by atoms with van der Waals surface area (Å²) < 4.78 is 0. The lowest BCUT2D eigenvalue weighted by atomic mass is 10.1. The third-order valence-electron chi connectivity index (χ3n) is 4.55. The number of aromatic nitrogens is 3. The van der Waals surface area contributed by atoms with Crippen molar-refractivity contribution >= 4 is 17.2 Å². The maximum atomic E-state index is 4.54. The Kier molecular flexibility index (Phi) is 4.99. The minimum Gasteiger partial charge on any atom is -0.366 e. The molecule has 25 heavy (non-hydrogen) atoms. The van der Waals surface area contributed by atoms with Crippen LogP contribution in [0.1, 0.15) is 21.7 Å². The van der Waals surface area contributed by atoms with Gasteiger partial charge in [0.2, 0.25) is 0 Å². The molecule has 0 unspecified atom stereocenters. The average molecular weight is 351 g/mol. The van der Waals surface area contributed by atoms with Gasteiger partial charge >= 0.3 is 0 Å². The molecule has 0 aromatic carbocycles. The van der Waals surface area contributed by atoms with Crippen LogP contribution in [0.5, 0.6) is 0 Å². The van der Waals surface area contributed by atoms with E-state index in [4.69, 9.17) is 0 Å². The molecule has 0 fully saturated rings. The molecule has 128 valence electrons. The van der Waals surface area contributed by atoms with Crippen LogP contribution >= 0.6 is 11.3 Å². The fourth-order valence-corrected chi connectivity index (χ4v) is 3.94. The molecular weight excluding hydrogens is 330 g/mol. The summed E-state index contributed by atoms with van der Waals surface area (Å²) in [5.74, 6) is 0.972. The molecular formula is C19H21N5S. The smallest absolute Gasteiger partial charge is 0.133 e. The summed E-state index contributed by atoms with van der Waals surface area (Å²) in [6, 6.07) is 8.38. The number of rotatable bonds is 5. The van der Waals surface area contributed by atoms with Gasteiger partial charge in [0.25, 0.3) is 0 Å². The Bertz CT molecular complexity index is 804. The Morgan fingerprint density at radius 1 is 1.08 bits per heavy atom. The Morgan fingerprint density at radius 2 is 1.96 bits per heavy atom. The lowest BCUT2D eigenvalue weighted by Crippen LogP contribution is -2.25. The van der Waals surface area contributed by atoms with Gasteiger partial charge in [0.05, 0.1) is 5.69 Å². The summed E-state index contributed by atoms with van der Waals surface area (Å²) in [5, 5.41) is 5.63. The first-order valence-electron chi connectivity index (χ1n) is 8.59. The summed E-state index contributed by atoms with van der Waals surface area (Å²) >= 11 is 1.83. The zero-order chi connectivity index (χ0) is 16.9. The number of thiophene rings is 1. The molecule has 1 N–H and O–H groups in total. The summed E-state index contributed by atoms with van der Waals surface area (Å²) in [6.07, 6.45) is 7.29. The van der Waals surface area contributed by atoms with Crippen molar-refractivity contribution in [2.24, 2.45) is 0 Å². The summed E-state index contributed by atoms with van der Waals surface area (Å²) in [4.78, 5) is 17.0. The van der Waals surface area contributed by atoms with Crippen LogP contribution in [0.4, 0.5) is 5.82 Å². The summed E-state index contributed by atoms with van der Waals surface area (Å²) in [5.41, 5.74) is 3.65. The van der Waals surface area contributed by atoms with Gasteiger partial charge in [-0.05, 0) is 35.6 Å². The van der Waals surface area contributed by atoms with E-state index in [0.29, 0.717) is 0 Å². The normalized spacial score (nSPS) is 14.7. The van der Waals surface area contributed by atoms with E-state index in [1.54, 1.807) is 6.33 Å². The van der Waals surface area contributed by atoms with E-state index in [9.17, 15) is 0 Å². The maximum absolute atomic E-state index is 4.54. The highest BCUT2D eigenvalue weighted by Gasteiger charge is 2.18. The molecule has 0 saturated carbocycles. The number of nitrogens with zero attached hydrogens (tertiary/aromatic N) is 4. The summed E-state index contributed by atoms with van der Waals surface area (Å²) in [7, 11) is 0. The van der Waals surface area contributed by atoms with Gasteiger partial charge in [-0.2, -0.15) is 0 Å². The van der Waals surface area contributed by atoms with E-state index in [0.717, 1.165) is 44.8 Å². The van der Waals surface area contributed by atoms with Gasteiger partial charge in [-0.1, -0.05) is 6.07 Å². The monoisotopic (exact) mass is 351 g/mol. The molecule has 0 bridgehead atoms. The van der Waals surface area contributed by atoms with Gasteiger partial charge in [-0.15, -0.1) is 11.3 Å². The van der Waals surface area contributed by atoms with E-state index in [1.807, 2.05) is 35.9 Å². The van der Waals surface area contributed by atoms with Crippen LogP contribution in [0.25, 0.3) is 0 Å². The number of hydrogen-bond donors (Lipinski definition) is 1. The predicted octanol–water partition coefficient (Wildman–Crippen LogP) is 3.15. The number of fused-ring (bicyclic) bond motifs is 1. The SMILES string of the molecule is c1csc(CN2CCc3ncnc(NCc4ccncc4)c3CC2)c1. The van der Waals surface area contributed by atoms with Gasteiger partial charge in [0, 0.05) is 55.4 Å². The molecule has 4 rings (SSSR count). The molecule has 5 nitrogen and oxygen atoms in total. The van der Waals surface area contributed by atoms with Gasteiger partial charge in [0.15, 0.2) is 0 Å². The standard InChI is InChI=1S/C19H21N5S/c1-2-16(25-11-1)13-24-9-5-17-18(6-10-24)22-14-23-19(17)21-12-15-3-7-20-8-4-15/h1-4,7-8,11,14H,5-6,9-10,12-13H2,(H,21,22,23). The molecule has 0 spiro atoms. The molecule has 4 heterocycles. The summed E-state index contributed by atoms with van der Waals surface area (Å²) in [6.45, 7) is 3.87. The largest absolute Gasteiger partial charge is 0.366 e. The quantitative estimate of drug-likeness (QED) is 0.765. The van der Waals surface area contributed by atoms with Crippen LogP contribution in [-0.4, -0.2) is 32.9 Å². The minimum atomic E-state index is 0.755. The van der Waals surface area contributed by atoms with Crippen molar-refractivity contribution in [1.82, 2.24) is 19.9 Å². The predicted molar refractivity (Wildman–Crippen MR) is 101 cm³/mol. The second-order valence-electron chi connectivity index (χ2n) is 6.21. The minimum absolute atomic E-state index is 0.755. The molecule has 0 saturated heterocycles. The Labute approximate surface area is 151 Å². The van der Waals surface area contributed by atoms with Gasteiger partial charge in [-0.3, -0.25) is 9.88 Å². The molecule has 0 aliphatic carbocycles. The lowest BCUT2D eigenvalue weighted by Gasteiger charge is -2.18. The first kappa shape index (κ1) is 16.2. The highest BCUT2D eigenvalue weighted by atomic mass is 32.1. The van der Waals surface area contributed by atoms with Crippen molar-refractivity contribution in [2.75, 3.05) is 18.4 Å². The second-order valence-corrected chi connectivity index (χ2v) is 7.24. The Hall–Kier alpha value is -2.31. The average Bonchev–Trinajstić information content (AvgIpc) is 3.08. The molecule has 3 aromatic rings. The zero-order valence-electron chi connectivity index (χ0n) is 14.1. The number of anilines is 1. The third kappa shape index (κ3) is 4.03. The van der Waals surface area contributed by atoms with Gasteiger partial charge < -0.3 is 5.32 Å². The molecule has 6 heteroatoms. The van der Waals surface area contributed by atoms with Crippen LogP contribution in [0.2, 0.25) is 0 Å². The molecule has 3 aromatic heterocycles. The molecule has 0 atom stereocenters. The highest BCUT2D eigenvalue weighted by Crippen LogP contribution is 2.22.